The minimum Gasteiger partial charge on any atom is -0.297 e. The molecule has 19 heavy (non-hydrogen) atoms. The summed E-state index contributed by atoms with van der Waals surface area (Å²) in [6, 6.07) is 3.97. The lowest BCUT2D eigenvalue weighted by Crippen LogP contribution is -2.12. The molecule has 1 aliphatic rings. The molecule has 0 aliphatic heterocycles. The molecule has 1 heterocycles. The monoisotopic (exact) mass is 341 g/mol. The van der Waals surface area contributed by atoms with Crippen molar-refractivity contribution >= 4 is 38.5 Å². The number of carbonyl (C=O) groups excluding carboxylic acids is 1. The Morgan fingerprint density at radius 3 is 3.00 bits per heavy atom. The van der Waals surface area contributed by atoms with E-state index in [2.05, 4.69) is 30.6 Å². The van der Waals surface area contributed by atoms with Crippen molar-refractivity contribution in [3.8, 4) is 0 Å². The highest BCUT2D eigenvalue weighted by molar-refractivity contribution is 9.10. The summed E-state index contributed by atoms with van der Waals surface area (Å²) in [4.78, 5) is 16.3. The Morgan fingerprint density at radius 2 is 2.26 bits per heavy atom. The number of amides is 1. The predicted octanol–water partition coefficient (Wildman–Crippen LogP) is 3.57. The topological polar surface area (TPSA) is 54.9 Å². The summed E-state index contributed by atoms with van der Waals surface area (Å²) in [5.74, 6) is 0.385. The molecule has 7 heteroatoms. The molecule has 98 valence electrons. The Bertz CT molecular complexity index is 642. The zero-order chi connectivity index (χ0) is 13.4. The van der Waals surface area contributed by atoms with Crippen LogP contribution < -0.4 is 5.32 Å². The number of aromatic nitrogens is 2. The SMILES string of the molecule is O=C(Nc1nc(C2CC2)ns1)c1cc(F)ccc1Br. The second-order valence-corrected chi connectivity index (χ2v) is 5.92. The molecule has 2 aromatic rings. The van der Waals surface area contributed by atoms with Gasteiger partial charge < -0.3 is 0 Å². The minimum atomic E-state index is -0.454. The molecule has 4 nitrogen and oxygen atoms in total. The van der Waals surface area contributed by atoms with Crippen molar-refractivity contribution in [1.82, 2.24) is 9.36 Å². The van der Waals surface area contributed by atoms with Gasteiger partial charge in [0.05, 0.1) is 5.56 Å². The highest BCUT2D eigenvalue weighted by atomic mass is 79.9. The highest BCUT2D eigenvalue weighted by Gasteiger charge is 2.28. The average Bonchev–Trinajstić information content (AvgIpc) is 3.13. The van der Waals surface area contributed by atoms with Crippen LogP contribution in [0.1, 0.15) is 34.9 Å². The molecule has 0 radical (unpaired) electrons. The molecule has 0 saturated heterocycles. The summed E-state index contributed by atoms with van der Waals surface area (Å²) in [7, 11) is 0. The third-order valence-corrected chi connectivity index (χ3v) is 4.11. The van der Waals surface area contributed by atoms with Gasteiger partial charge in [-0.25, -0.2) is 9.37 Å². The fraction of sp³-hybridized carbons (Fsp3) is 0.250. The standard InChI is InChI=1S/C12H9BrFN3OS/c13-9-4-3-7(14)5-8(9)11(18)16-12-15-10(17-19-12)6-1-2-6/h3-6H,1-2H2,(H,15,16,17,18). The molecule has 1 aromatic heterocycles. The van der Waals surface area contributed by atoms with Gasteiger partial charge in [-0.2, -0.15) is 4.37 Å². The Balaban J connectivity index is 1.77. The normalized spacial score (nSPS) is 14.4. The van der Waals surface area contributed by atoms with Crippen LogP contribution in [-0.4, -0.2) is 15.3 Å². The van der Waals surface area contributed by atoms with Gasteiger partial charge in [0.2, 0.25) is 5.13 Å². The van der Waals surface area contributed by atoms with Crippen LogP contribution in [0.15, 0.2) is 22.7 Å². The number of nitrogens with one attached hydrogen (secondary N) is 1. The van der Waals surface area contributed by atoms with Crippen molar-refractivity contribution < 1.29 is 9.18 Å². The summed E-state index contributed by atoms with van der Waals surface area (Å²) in [6.07, 6.45) is 2.22. The number of carbonyl (C=O) groups is 1. The molecule has 3 rings (SSSR count). The van der Waals surface area contributed by atoms with E-state index in [-0.39, 0.29) is 5.56 Å². The molecule has 1 aliphatic carbocycles. The van der Waals surface area contributed by atoms with Crippen LogP contribution >= 0.6 is 27.5 Å². The number of anilines is 1. The van der Waals surface area contributed by atoms with E-state index in [1.54, 1.807) is 0 Å². The van der Waals surface area contributed by atoms with Gasteiger partial charge >= 0.3 is 0 Å². The number of hydrogen-bond donors (Lipinski definition) is 1. The van der Waals surface area contributed by atoms with Crippen molar-refractivity contribution in [3.63, 3.8) is 0 Å². The van der Waals surface area contributed by atoms with Crippen LogP contribution in [0.25, 0.3) is 0 Å². The summed E-state index contributed by atoms with van der Waals surface area (Å²) in [6.45, 7) is 0. The Morgan fingerprint density at radius 1 is 1.47 bits per heavy atom. The Labute approximate surface area is 121 Å². The first kappa shape index (κ1) is 12.7. The van der Waals surface area contributed by atoms with E-state index in [1.165, 1.54) is 18.2 Å². The van der Waals surface area contributed by atoms with E-state index in [0.717, 1.165) is 30.2 Å². The molecule has 1 amide bonds. The van der Waals surface area contributed by atoms with Gasteiger partial charge in [-0.3, -0.25) is 10.1 Å². The lowest BCUT2D eigenvalue weighted by atomic mass is 10.2. The van der Waals surface area contributed by atoms with Gasteiger partial charge in [0.25, 0.3) is 5.91 Å². The van der Waals surface area contributed by atoms with E-state index >= 15 is 0 Å². The summed E-state index contributed by atoms with van der Waals surface area (Å²) in [5, 5.41) is 3.09. The number of halogens is 2. The van der Waals surface area contributed by atoms with Gasteiger partial charge in [-0.15, -0.1) is 0 Å². The second-order valence-electron chi connectivity index (χ2n) is 4.31. The van der Waals surface area contributed by atoms with Crippen molar-refractivity contribution in [2.75, 3.05) is 5.32 Å². The molecule has 1 fully saturated rings. The van der Waals surface area contributed by atoms with Gasteiger partial charge in [0.1, 0.15) is 11.6 Å². The largest absolute Gasteiger partial charge is 0.297 e. The van der Waals surface area contributed by atoms with Gasteiger partial charge in [0.15, 0.2) is 0 Å². The average molecular weight is 342 g/mol. The van der Waals surface area contributed by atoms with E-state index < -0.39 is 11.7 Å². The predicted molar refractivity (Wildman–Crippen MR) is 73.9 cm³/mol. The third-order valence-electron chi connectivity index (χ3n) is 2.78. The van der Waals surface area contributed by atoms with E-state index in [1.807, 2.05) is 0 Å². The summed E-state index contributed by atoms with van der Waals surface area (Å²) < 4.78 is 17.9. The van der Waals surface area contributed by atoms with Crippen molar-refractivity contribution in [2.45, 2.75) is 18.8 Å². The Hall–Kier alpha value is -1.34. The number of nitrogens with zero attached hydrogens (tertiary/aromatic N) is 2. The van der Waals surface area contributed by atoms with Crippen LogP contribution in [0.2, 0.25) is 0 Å². The van der Waals surface area contributed by atoms with E-state index in [9.17, 15) is 9.18 Å². The molecule has 1 aromatic carbocycles. The maximum atomic E-state index is 13.1. The number of hydrogen-bond acceptors (Lipinski definition) is 4. The van der Waals surface area contributed by atoms with Gasteiger partial charge in [0, 0.05) is 21.9 Å². The molecule has 0 bridgehead atoms. The smallest absolute Gasteiger partial charge is 0.258 e. The van der Waals surface area contributed by atoms with Gasteiger partial charge in [-0.05, 0) is 47.0 Å². The van der Waals surface area contributed by atoms with Crippen LogP contribution in [0.5, 0.6) is 0 Å². The number of benzene rings is 1. The second kappa shape index (κ2) is 4.97. The quantitative estimate of drug-likeness (QED) is 0.928. The first-order valence-electron chi connectivity index (χ1n) is 5.73. The van der Waals surface area contributed by atoms with Crippen molar-refractivity contribution in [1.29, 1.82) is 0 Å². The van der Waals surface area contributed by atoms with Crippen LogP contribution in [0.4, 0.5) is 9.52 Å². The zero-order valence-corrected chi connectivity index (χ0v) is 12.1. The Kier molecular flexibility index (Phi) is 3.32. The minimum absolute atomic E-state index is 0.239. The molecule has 0 unspecified atom stereocenters. The number of rotatable bonds is 3. The highest BCUT2D eigenvalue weighted by Crippen LogP contribution is 2.39. The summed E-state index contributed by atoms with van der Waals surface area (Å²) in [5.41, 5.74) is 0.239. The molecule has 0 spiro atoms. The first-order chi connectivity index (χ1) is 9.13. The van der Waals surface area contributed by atoms with Crippen molar-refractivity contribution in [3.05, 3.63) is 39.9 Å². The van der Waals surface area contributed by atoms with Gasteiger partial charge in [-0.1, -0.05) is 0 Å². The molecular weight excluding hydrogens is 333 g/mol. The van der Waals surface area contributed by atoms with Crippen LogP contribution in [-0.2, 0) is 0 Å². The lowest BCUT2D eigenvalue weighted by molar-refractivity contribution is 0.102. The molecule has 1 saturated carbocycles. The first-order valence-corrected chi connectivity index (χ1v) is 7.30. The maximum absolute atomic E-state index is 13.1. The molecule has 0 atom stereocenters. The molecular formula is C12H9BrFN3OS. The van der Waals surface area contributed by atoms with Crippen LogP contribution in [0, 0.1) is 5.82 Å². The fourth-order valence-corrected chi connectivity index (χ4v) is 2.70. The van der Waals surface area contributed by atoms with Crippen LogP contribution in [0.3, 0.4) is 0 Å². The van der Waals surface area contributed by atoms with Crippen molar-refractivity contribution in [2.24, 2.45) is 0 Å². The molecule has 1 N–H and O–H groups in total. The zero-order valence-electron chi connectivity index (χ0n) is 9.69. The third kappa shape index (κ3) is 2.82. The maximum Gasteiger partial charge on any atom is 0.258 e. The lowest BCUT2D eigenvalue weighted by Gasteiger charge is -2.03. The summed E-state index contributed by atoms with van der Waals surface area (Å²) >= 11 is 4.37. The fourth-order valence-electron chi connectivity index (χ4n) is 1.63. The van der Waals surface area contributed by atoms with E-state index in [4.69, 9.17) is 0 Å². The van der Waals surface area contributed by atoms with E-state index in [0.29, 0.717) is 15.5 Å².